The van der Waals surface area contributed by atoms with Crippen molar-refractivity contribution in [3.05, 3.63) is 21.3 Å². The molecule has 1 aromatic heterocycles. The van der Waals surface area contributed by atoms with Crippen molar-refractivity contribution in [3.8, 4) is 0 Å². The van der Waals surface area contributed by atoms with E-state index < -0.39 is 17.2 Å². The van der Waals surface area contributed by atoms with E-state index in [1.165, 1.54) is 11.3 Å². The Kier molecular flexibility index (Phi) is 4.40. The number of rotatable bonds is 3. The van der Waals surface area contributed by atoms with Gasteiger partial charge in [0.15, 0.2) is 6.29 Å². The molecular formula is C12H16ClNO3S. The van der Waals surface area contributed by atoms with Crippen LogP contribution in [0.15, 0.2) is 11.4 Å². The first-order chi connectivity index (χ1) is 8.16. The van der Waals surface area contributed by atoms with Gasteiger partial charge in [-0.15, -0.1) is 11.3 Å². The molecule has 0 bridgehead atoms. The number of alkyl carbamates (subject to hydrolysis) is 1. The molecule has 0 aliphatic carbocycles. The normalized spacial score (nSPS) is 14.7. The lowest BCUT2D eigenvalue weighted by Crippen LogP contribution is -2.46. The molecule has 6 heteroatoms. The third-order valence-electron chi connectivity index (χ3n) is 2.08. The summed E-state index contributed by atoms with van der Waals surface area (Å²) in [5.41, 5.74) is -1.74. The summed E-state index contributed by atoms with van der Waals surface area (Å²) in [6.45, 7) is 6.87. The number of carbonyl (C=O) groups excluding carboxylic acids is 2. The lowest BCUT2D eigenvalue weighted by molar-refractivity contribution is -0.113. The SMILES string of the molecule is CC(C)(C)OC(=O)NC(C)(C=O)c1cc(Cl)cs1. The molecule has 0 radical (unpaired) electrons. The summed E-state index contributed by atoms with van der Waals surface area (Å²) in [7, 11) is 0. The lowest BCUT2D eigenvalue weighted by atomic mass is 10.0. The highest BCUT2D eigenvalue weighted by molar-refractivity contribution is 7.10. The van der Waals surface area contributed by atoms with Crippen molar-refractivity contribution >= 4 is 35.3 Å². The maximum atomic E-state index is 11.7. The Morgan fingerprint density at radius 2 is 2.06 bits per heavy atom. The topological polar surface area (TPSA) is 55.4 Å². The molecule has 1 unspecified atom stereocenters. The fraction of sp³-hybridized carbons (Fsp3) is 0.500. The zero-order valence-electron chi connectivity index (χ0n) is 10.7. The second-order valence-electron chi connectivity index (χ2n) is 5.08. The van der Waals surface area contributed by atoms with Gasteiger partial charge in [0.1, 0.15) is 11.1 Å². The Labute approximate surface area is 115 Å². The molecule has 0 saturated carbocycles. The molecule has 1 rings (SSSR count). The summed E-state index contributed by atoms with van der Waals surface area (Å²) in [6, 6.07) is 1.65. The summed E-state index contributed by atoms with van der Waals surface area (Å²) in [4.78, 5) is 23.6. The standard InChI is InChI=1S/C12H16ClNO3S/c1-11(2,3)17-10(16)14-12(4,7-15)9-5-8(13)6-18-9/h5-7H,1-4H3,(H,14,16). The number of aldehydes is 1. The molecule has 18 heavy (non-hydrogen) atoms. The van der Waals surface area contributed by atoms with E-state index in [1.807, 2.05) is 0 Å². The van der Waals surface area contributed by atoms with Crippen molar-refractivity contribution in [1.82, 2.24) is 5.32 Å². The summed E-state index contributed by atoms with van der Waals surface area (Å²) in [5, 5.41) is 4.79. The van der Waals surface area contributed by atoms with Gasteiger partial charge in [0.25, 0.3) is 0 Å². The van der Waals surface area contributed by atoms with Crippen LogP contribution >= 0.6 is 22.9 Å². The number of halogens is 1. The first-order valence-electron chi connectivity index (χ1n) is 5.38. The van der Waals surface area contributed by atoms with Gasteiger partial charge < -0.3 is 14.8 Å². The average Bonchev–Trinajstić information content (AvgIpc) is 2.62. The van der Waals surface area contributed by atoms with E-state index in [0.29, 0.717) is 16.2 Å². The molecule has 1 aromatic rings. The van der Waals surface area contributed by atoms with Crippen LogP contribution in [-0.4, -0.2) is 18.0 Å². The highest BCUT2D eigenvalue weighted by Gasteiger charge is 2.31. The number of hydrogen-bond donors (Lipinski definition) is 1. The molecule has 0 aliphatic rings. The van der Waals surface area contributed by atoms with Crippen LogP contribution in [0, 0.1) is 0 Å². The number of amides is 1. The van der Waals surface area contributed by atoms with Gasteiger partial charge in [-0.05, 0) is 33.8 Å². The van der Waals surface area contributed by atoms with Crippen molar-refractivity contribution in [2.24, 2.45) is 0 Å². The molecule has 4 nitrogen and oxygen atoms in total. The predicted octanol–water partition coefficient (Wildman–Crippen LogP) is 3.34. The maximum Gasteiger partial charge on any atom is 0.408 e. The molecule has 0 aliphatic heterocycles. The van der Waals surface area contributed by atoms with Crippen LogP contribution in [0.4, 0.5) is 4.79 Å². The quantitative estimate of drug-likeness (QED) is 0.868. The Balaban J connectivity index is 2.84. The summed E-state index contributed by atoms with van der Waals surface area (Å²) < 4.78 is 5.13. The summed E-state index contributed by atoms with van der Waals surface area (Å²) >= 11 is 7.12. The molecule has 1 N–H and O–H groups in total. The summed E-state index contributed by atoms with van der Waals surface area (Å²) in [6.07, 6.45) is 0.0284. The highest BCUT2D eigenvalue weighted by atomic mass is 35.5. The van der Waals surface area contributed by atoms with Gasteiger partial charge in [0, 0.05) is 10.3 Å². The molecule has 1 heterocycles. The largest absolute Gasteiger partial charge is 0.444 e. The van der Waals surface area contributed by atoms with E-state index in [-0.39, 0.29) is 0 Å². The van der Waals surface area contributed by atoms with Crippen molar-refractivity contribution in [2.45, 2.75) is 38.8 Å². The van der Waals surface area contributed by atoms with Gasteiger partial charge in [0.2, 0.25) is 0 Å². The van der Waals surface area contributed by atoms with Crippen LogP contribution in [0.2, 0.25) is 5.02 Å². The minimum atomic E-state index is -1.12. The molecule has 100 valence electrons. The molecule has 0 spiro atoms. The molecule has 1 atom stereocenters. The number of nitrogens with one attached hydrogen (secondary N) is 1. The van der Waals surface area contributed by atoms with Crippen LogP contribution in [0.5, 0.6) is 0 Å². The van der Waals surface area contributed by atoms with E-state index in [2.05, 4.69) is 5.32 Å². The van der Waals surface area contributed by atoms with Gasteiger partial charge >= 0.3 is 6.09 Å². The van der Waals surface area contributed by atoms with Crippen molar-refractivity contribution in [3.63, 3.8) is 0 Å². The Hall–Kier alpha value is -1.07. The molecule has 1 amide bonds. The molecule has 0 saturated heterocycles. The smallest absolute Gasteiger partial charge is 0.408 e. The van der Waals surface area contributed by atoms with Gasteiger partial charge in [-0.3, -0.25) is 0 Å². The van der Waals surface area contributed by atoms with E-state index in [4.69, 9.17) is 16.3 Å². The van der Waals surface area contributed by atoms with Gasteiger partial charge in [-0.1, -0.05) is 11.6 Å². The van der Waals surface area contributed by atoms with E-state index >= 15 is 0 Å². The highest BCUT2D eigenvalue weighted by Crippen LogP contribution is 2.28. The zero-order chi connectivity index (χ0) is 14.0. The van der Waals surface area contributed by atoms with E-state index in [0.717, 1.165) is 0 Å². The maximum absolute atomic E-state index is 11.7. The van der Waals surface area contributed by atoms with Gasteiger partial charge in [-0.25, -0.2) is 4.79 Å². The number of hydrogen-bond acceptors (Lipinski definition) is 4. The van der Waals surface area contributed by atoms with E-state index in [1.54, 1.807) is 39.1 Å². The van der Waals surface area contributed by atoms with E-state index in [9.17, 15) is 9.59 Å². The fourth-order valence-electron chi connectivity index (χ4n) is 1.25. The van der Waals surface area contributed by atoms with Crippen molar-refractivity contribution in [1.29, 1.82) is 0 Å². The van der Waals surface area contributed by atoms with Gasteiger partial charge in [0.05, 0.1) is 5.02 Å². The predicted molar refractivity (Wildman–Crippen MR) is 72.1 cm³/mol. The third kappa shape index (κ3) is 3.99. The monoisotopic (exact) mass is 289 g/mol. The second-order valence-corrected chi connectivity index (χ2v) is 6.42. The van der Waals surface area contributed by atoms with Gasteiger partial charge in [-0.2, -0.15) is 0 Å². The average molecular weight is 290 g/mol. The lowest BCUT2D eigenvalue weighted by Gasteiger charge is -2.26. The number of ether oxygens (including phenoxy) is 1. The Morgan fingerprint density at radius 1 is 1.44 bits per heavy atom. The summed E-state index contributed by atoms with van der Waals surface area (Å²) in [5.74, 6) is 0. The Morgan fingerprint density at radius 3 is 2.44 bits per heavy atom. The molecule has 0 aromatic carbocycles. The minimum absolute atomic E-state index is 0.536. The van der Waals surface area contributed by atoms with Crippen LogP contribution in [0.3, 0.4) is 0 Å². The van der Waals surface area contributed by atoms with Crippen LogP contribution in [-0.2, 0) is 15.1 Å². The van der Waals surface area contributed by atoms with Crippen LogP contribution < -0.4 is 5.32 Å². The van der Waals surface area contributed by atoms with Crippen molar-refractivity contribution in [2.75, 3.05) is 0 Å². The van der Waals surface area contributed by atoms with Crippen LogP contribution in [0.25, 0.3) is 0 Å². The van der Waals surface area contributed by atoms with Crippen molar-refractivity contribution < 1.29 is 14.3 Å². The first kappa shape index (κ1) is 15.0. The fourth-order valence-corrected chi connectivity index (χ4v) is 2.40. The van der Waals surface area contributed by atoms with Crippen LogP contribution in [0.1, 0.15) is 32.6 Å². The third-order valence-corrected chi connectivity index (χ3v) is 3.59. The first-order valence-corrected chi connectivity index (χ1v) is 6.64. The number of carbonyl (C=O) groups is 2. The minimum Gasteiger partial charge on any atom is -0.444 e. The molecule has 0 fully saturated rings. The Bertz CT molecular complexity index is 452. The zero-order valence-corrected chi connectivity index (χ0v) is 12.3. The molecular weight excluding hydrogens is 274 g/mol. The number of thiophene rings is 1. The second kappa shape index (κ2) is 5.28.